The Balaban J connectivity index is 1.78. The smallest absolute Gasteiger partial charge is 0.412 e. The second kappa shape index (κ2) is 9.14. The van der Waals surface area contributed by atoms with Crippen LogP contribution in [0.4, 0.5) is 14.9 Å². The van der Waals surface area contributed by atoms with Crippen molar-refractivity contribution in [3.8, 4) is 17.2 Å². The number of halogens is 1. The molecule has 1 heterocycles. The van der Waals surface area contributed by atoms with Gasteiger partial charge >= 0.3 is 6.09 Å². The summed E-state index contributed by atoms with van der Waals surface area (Å²) in [6.45, 7) is 1.72. The van der Waals surface area contributed by atoms with E-state index in [1.807, 2.05) is 0 Å². The van der Waals surface area contributed by atoms with E-state index in [9.17, 15) is 19.1 Å². The number of phenols is 1. The van der Waals surface area contributed by atoms with E-state index < -0.39 is 35.6 Å². The van der Waals surface area contributed by atoms with E-state index in [2.05, 4.69) is 5.32 Å². The molecule has 2 amide bonds. The minimum Gasteiger partial charge on any atom is -0.505 e. The number of nitrogens with one attached hydrogen (secondary N) is 2. The van der Waals surface area contributed by atoms with Crippen molar-refractivity contribution >= 4 is 17.7 Å². The number of hydrogen-bond acceptors (Lipinski definition) is 7. The van der Waals surface area contributed by atoms with Crippen LogP contribution in [-0.2, 0) is 9.53 Å². The fourth-order valence-corrected chi connectivity index (χ4v) is 2.79. The third kappa shape index (κ3) is 4.97. The summed E-state index contributed by atoms with van der Waals surface area (Å²) in [6.07, 6.45) is 0.596. The first kappa shape index (κ1) is 20.9. The van der Waals surface area contributed by atoms with Gasteiger partial charge in [0.2, 0.25) is 6.79 Å². The van der Waals surface area contributed by atoms with Gasteiger partial charge in [-0.3, -0.25) is 15.3 Å². The Labute approximate surface area is 170 Å². The highest BCUT2D eigenvalue weighted by atomic mass is 19.1. The molecular weight excluding hydrogens is 399 g/mol. The first-order valence-electron chi connectivity index (χ1n) is 8.85. The molecule has 10 heteroatoms. The van der Waals surface area contributed by atoms with Gasteiger partial charge in [-0.25, -0.2) is 14.7 Å². The molecule has 2 atom stereocenters. The van der Waals surface area contributed by atoms with Gasteiger partial charge in [-0.15, -0.1) is 0 Å². The maximum absolute atomic E-state index is 13.8. The Morgan fingerprint density at radius 3 is 2.70 bits per heavy atom. The second-order valence-electron chi connectivity index (χ2n) is 6.42. The lowest BCUT2D eigenvalue weighted by Crippen LogP contribution is -2.22. The maximum atomic E-state index is 13.8. The van der Waals surface area contributed by atoms with Crippen LogP contribution in [0.5, 0.6) is 17.2 Å². The van der Waals surface area contributed by atoms with Gasteiger partial charge in [0.25, 0.3) is 5.91 Å². The largest absolute Gasteiger partial charge is 0.505 e. The van der Waals surface area contributed by atoms with Crippen LogP contribution in [0, 0.1) is 11.7 Å². The summed E-state index contributed by atoms with van der Waals surface area (Å²) in [5.41, 5.74) is 2.10. The molecule has 0 fully saturated rings. The molecule has 0 aromatic heterocycles. The highest BCUT2D eigenvalue weighted by Gasteiger charge is 2.24. The van der Waals surface area contributed by atoms with Gasteiger partial charge in [0.15, 0.2) is 23.1 Å². The molecule has 2 aromatic carbocycles. The predicted molar refractivity (Wildman–Crippen MR) is 102 cm³/mol. The Morgan fingerprint density at radius 2 is 1.97 bits per heavy atom. The van der Waals surface area contributed by atoms with Gasteiger partial charge < -0.3 is 19.3 Å². The third-order valence-corrected chi connectivity index (χ3v) is 4.29. The van der Waals surface area contributed by atoms with Crippen LogP contribution in [-0.4, -0.2) is 29.1 Å². The van der Waals surface area contributed by atoms with Crippen molar-refractivity contribution in [1.82, 2.24) is 5.48 Å². The lowest BCUT2D eigenvalue weighted by atomic mass is 9.96. The summed E-state index contributed by atoms with van der Waals surface area (Å²) < 4.78 is 29.8. The van der Waals surface area contributed by atoms with E-state index in [-0.39, 0.29) is 12.4 Å². The maximum Gasteiger partial charge on any atom is 0.412 e. The average molecular weight is 418 g/mol. The monoisotopic (exact) mass is 418 g/mol. The Bertz CT molecular complexity index is 980. The summed E-state index contributed by atoms with van der Waals surface area (Å²) in [5, 5.41) is 20.6. The van der Waals surface area contributed by atoms with Crippen molar-refractivity contribution in [2.75, 3.05) is 12.1 Å². The third-order valence-electron chi connectivity index (χ3n) is 4.29. The van der Waals surface area contributed by atoms with Gasteiger partial charge in [0.1, 0.15) is 6.10 Å². The molecule has 0 spiro atoms. The number of rotatable bonds is 6. The molecule has 0 unspecified atom stereocenters. The van der Waals surface area contributed by atoms with E-state index in [0.29, 0.717) is 17.2 Å². The van der Waals surface area contributed by atoms with Crippen molar-refractivity contribution < 1.29 is 38.5 Å². The Kier molecular flexibility index (Phi) is 6.38. The second-order valence-corrected chi connectivity index (χ2v) is 6.42. The number of amides is 2. The Hall–Kier alpha value is -3.79. The van der Waals surface area contributed by atoms with Crippen LogP contribution >= 0.6 is 0 Å². The lowest BCUT2D eigenvalue weighted by molar-refractivity contribution is -0.124. The zero-order valence-electron chi connectivity index (χ0n) is 15.8. The molecule has 0 radical (unpaired) electrons. The quantitative estimate of drug-likeness (QED) is 0.322. The fourth-order valence-electron chi connectivity index (χ4n) is 2.79. The molecule has 9 nitrogen and oxygen atoms in total. The van der Waals surface area contributed by atoms with Crippen LogP contribution in [0.1, 0.15) is 18.6 Å². The number of anilines is 1. The molecule has 0 aliphatic carbocycles. The number of hydrogen-bond donors (Lipinski definition) is 4. The molecule has 0 saturated carbocycles. The van der Waals surface area contributed by atoms with Gasteiger partial charge in [-0.2, -0.15) is 0 Å². The summed E-state index contributed by atoms with van der Waals surface area (Å²) in [6, 6.07) is 8.35. The molecule has 1 aliphatic heterocycles. The molecule has 1 aliphatic rings. The number of hydroxylamine groups is 1. The summed E-state index contributed by atoms with van der Waals surface area (Å²) in [5.74, 6) is -1.79. The Morgan fingerprint density at radius 1 is 1.20 bits per heavy atom. The number of phenolic OH excluding ortho intramolecular Hbond substituents is 1. The molecule has 158 valence electrons. The number of ether oxygens (including phenoxy) is 3. The van der Waals surface area contributed by atoms with Crippen LogP contribution in [0.3, 0.4) is 0 Å². The minimum atomic E-state index is -1.00. The van der Waals surface area contributed by atoms with Crippen LogP contribution < -0.4 is 20.3 Å². The van der Waals surface area contributed by atoms with E-state index in [1.54, 1.807) is 25.1 Å². The summed E-state index contributed by atoms with van der Waals surface area (Å²) in [7, 11) is 0. The minimum absolute atomic E-state index is 0.0863. The fraction of sp³-hybridized carbons (Fsp3) is 0.200. The lowest BCUT2D eigenvalue weighted by Gasteiger charge is -2.23. The van der Waals surface area contributed by atoms with Crippen molar-refractivity contribution in [2.24, 2.45) is 5.92 Å². The van der Waals surface area contributed by atoms with Gasteiger partial charge in [-0.1, -0.05) is 19.1 Å². The van der Waals surface area contributed by atoms with Crippen LogP contribution in [0.2, 0.25) is 0 Å². The van der Waals surface area contributed by atoms with Gasteiger partial charge in [0, 0.05) is 23.7 Å². The number of carbonyl (C=O) groups is 2. The number of benzene rings is 2. The molecular formula is C20H19FN2O7. The molecule has 4 N–H and O–H groups in total. The summed E-state index contributed by atoms with van der Waals surface area (Å²) >= 11 is 0. The molecule has 0 bridgehead atoms. The standard InChI is InChI=1S/C20H19FN2O7/c1-11(2-7-18(25)23-27)19(12-3-5-15(24)14(21)8-12)30-20(26)22-13-4-6-16-17(9-13)29-10-28-16/h2-9,11,19,24,27H,10H2,1H3,(H,22,26)(H,23,25)/b7-2+/t11-,19-/m1/s1. The van der Waals surface area contributed by atoms with Crippen molar-refractivity contribution in [3.63, 3.8) is 0 Å². The van der Waals surface area contributed by atoms with E-state index in [4.69, 9.17) is 19.4 Å². The van der Waals surface area contributed by atoms with Gasteiger partial charge in [0.05, 0.1) is 0 Å². The van der Waals surface area contributed by atoms with Crippen LogP contribution in [0.15, 0.2) is 48.6 Å². The predicted octanol–water partition coefficient (Wildman–Crippen LogP) is 3.25. The SMILES string of the molecule is C[C@H](/C=C/C(=O)NO)[C@@H](OC(=O)Nc1ccc2c(c1)OCO2)c1ccc(O)c(F)c1. The van der Waals surface area contributed by atoms with Crippen molar-refractivity contribution in [2.45, 2.75) is 13.0 Å². The topological polar surface area (TPSA) is 126 Å². The van der Waals surface area contributed by atoms with Crippen molar-refractivity contribution in [3.05, 3.63) is 59.9 Å². The average Bonchev–Trinajstić information content (AvgIpc) is 3.20. The van der Waals surface area contributed by atoms with E-state index in [0.717, 1.165) is 18.2 Å². The van der Waals surface area contributed by atoms with Gasteiger partial charge in [-0.05, 0) is 29.8 Å². The molecule has 3 rings (SSSR count). The van der Waals surface area contributed by atoms with E-state index >= 15 is 0 Å². The molecule has 2 aromatic rings. The number of carbonyl (C=O) groups excluding carboxylic acids is 2. The first-order valence-corrected chi connectivity index (χ1v) is 8.85. The zero-order chi connectivity index (χ0) is 21.7. The number of aromatic hydroxyl groups is 1. The van der Waals surface area contributed by atoms with Crippen LogP contribution in [0.25, 0.3) is 0 Å². The number of fused-ring (bicyclic) bond motifs is 1. The molecule has 0 saturated heterocycles. The molecule has 30 heavy (non-hydrogen) atoms. The highest BCUT2D eigenvalue weighted by Crippen LogP contribution is 2.35. The van der Waals surface area contributed by atoms with E-state index in [1.165, 1.54) is 17.6 Å². The zero-order valence-corrected chi connectivity index (χ0v) is 15.8. The highest BCUT2D eigenvalue weighted by molar-refractivity contribution is 5.86. The first-order chi connectivity index (χ1) is 14.4. The van der Waals surface area contributed by atoms with Crippen molar-refractivity contribution in [1.29, 1.82) is 0 Å². The normalized spacial score (nSPS) is 14.2. The summed E-state index contributed by atoms with van der Waals surface area (Å²) in [4.78, 5) is 23.7.